The van der Waals surface area contributed by atoms with E-state index < -0.39 is 10.0 Å². The molecule has 0 bridgehead atoms. The van der Waals surface area contributed by atoms with E-state index in [4.69, 9.17) is 10.5 Å². The second kappa shape index (κ2) is 5.63. The number of nitriles is 2. The first kappa shape index (κ1) is 14.2. The molecule has 0 amide bonds. The first-order valence-corrected chi connectivity index (χ1v) is 6.89. The summed E-state index contributed by atoms with van der Waals surface area (Å²) in [6.07, 6.45) is 0. The summed E-state index contributed by atoms with van der Waals surface area (Å²) in [6.45, 7) is 4.22. The van der Waals surface area contributed by atoms with Crippen molar-refractivity contribution in [3.63, 3.8) is 0 Å². The summed E-state index contributed by atoms with van der Waals surface area (Å²) in [4.78, 5) is 0.0433. The van der Waals surface area contributed by atoms with Gasteiger partial charge in [-0.1, -0.05) is 13.8 Å². The molecular formula is C12H13N3O2S. The van der Waals surface area contributed by atoms with Gasteiger partial charge in [-0.15, -0.1) is 0 Å². The molecule has 0 N–H and O–H groups in total. The maximum atomic E-state index is 12.2. The Balaban J connectivity index is 3.37. The molecule has 0 unspecified atom stereocenters. The average molecular weight is 263 g/mol. The van der Waals surface area contributed by atoms with Gasteiger partial charge in [0.05, 0.1) is 16.0 Å². The maximum Gasteiger partial charge on any atom is 0.243 e. The molecule has 0 aliphatic heterocycles. The van der Waals surface area contributed by atoms with Crippen molar-refractivity contribution in [3.05, 3.63) is 29.3 Å². The minimum Gasteiger partial charge on any atom is -0.207 e. The molecule has 0 saturated heterocycles. The molecule has 0 atom stereocenters. The highest BCUT2D eigenvalue weighted by Crippen LogP contribution is 2.18. The number of hydrogen-bond acceptors (Lipinski definition) is 4. The van der Waals surface area contributed by atoms with Crippen LogP contribution in [0.1, 0.15) is 25.0 Å². The molecule has 0 aromatic heterocycles. The fraction of sp³-hybridized carbons (Fsp3) is 0.333. The van der Waals surface area contributed by atoms with Crippen molar-refractivity contribution in [3.8, 4) is 12.1 Å². The molecule has 1 rings (SSSR count). The number of benzene rings is 1. The predicted octanol–water partition coefficient (Wildman–Crippen LogP) is 1.46. The van der Waals surface area contributed by atoms with Gasteiger partial charge in [-0.2, -0.15) is 14.8 Å². The topological polar surface area (TPSA) is 85.0 Å². The molecule has 94 valence electrons. The van der Waals surface area contributed by atoms with Gasteiger partial charge in [0.25, 0.3) is 0 Å². The van der Waals surface area contributed by atoms with Crippen LogP contribution in [0, 0.1) is 22.7 Å². The van der Waals surface area contributed by atoms with E-state index in [0.29, 0.717) is 13.1 Å². The molecule has 0 aliphatic carbocycles. The third-order valence-electron chi connectivity index (χ3n) is 2.58. The van der Waals surface area contributed by atoms with E-state index in [1.54, 1.807) is 13.8 Å². The van der Waals surface area contributed by atoms with Crippen LogP contribution in [0.3, 0.4) is 0 Å². The van der Waals surface area contributed by atoms with E-state index in [1.807, 2.05) is 12.1 Å². The number of rotatable bonds is 4. The van der Waals surface area contributed by atoms with Crippen LogP contribution in [0.2, 0.25) is 0 Å². The second-order valence-electron chi connectivity index (χ2n) is 3.52. The zero-order chi connectivity index (χ0) is 13.8. The standard InChI is InChI=1S/C12H13N3O2S/c1-3-15(4-2)18(16,17)12-6-5-10(8-13)11(7-12)9-14/h5-7H,3-4H2,1-2H3. The second-order valence-corrected chi connectivity index (χ2v) is 5.46. The summed E-state index contributed by atoms with van der Waals surface area (Å²) in [6, 6.07) is 7.63. The maximum absolute atomic E-state index is 12.2. The molecule has 5 nitrogen and oxygen atoms in total. The highest BCUT2D eigenvalue weighted by molar-refractivity contribution is 7.89. The predicted molar refractivity (Wildman–Crippen MR) is 66.0 cm³/mol. The highest BCUT2D eigenvalue weighted by Gasteiger charge is 2.22. The lowest BCUT2D eigenvalue weighted by Crippen LogP contribution is -2.30. The van der Waals surface area contributed by atoms with Crippen molar-refractivity contribution >= 4 is 10.0 Å². The van der Waals surface area contributed by atoms with Gasteiger partial charge in [0.15, 0.2) is 0 Å². The summed E-state index contributed by atoms with van der Waals surface area (Å²) < 4.78 is 25.7. The fourth-order valence-electron chi connectivity index (χ4n) is 1.59. The Morgan fingerprint density at radius 1 is 1.11 bits per heavy atom. The van der Waals surface area contributed by atoms with E-state index in [-0.39, 0.29) is 16.0 Å². The summed E-state index contributed by atoms with van der Waals surface area (Å²) in [7, 11) is -3.59. The number of sulfonamides is 1. The largest absolute Gasteiger partial charge is 0.243 e. The Labute approximate surface area is 107 Å². The van der Waals surface area contributed by atoms with Crippen molar-refractivity contribution in [2.75, 3.05) is 13.1 Å². The highest BCUT2D eigenvalue weighted by atomic mass is 32.2. The molecule has 0 radical (unpaired) electrons. The lowest BCUT2D eigenvalue weighted by molar-refractivity contribution is 0.445. The van der Waals surface area contributed by atoms with E-state index >= 15 is 0 Å². The van der Waals surface area contributed by atoms with Crippen molar-refractivity contribution < 1.29 is 8.42 Å². The third-order valence-corrected chi connectivity index (χ3v) is 4.62. The molecule has 0 heterocycles. The van der Waals surface area contributed by atoms with Gasteiger partial charge in [-0.05, 0) is 18.2 Å². The van der Waals surface area contributed by atoms with Gasteiger partial charge in [0.1, 0.15) is 12.1 Å². The van der Waals surface area contributed by atoms with Crippen LogP contribution in [-0.2, 0) is 10.0 Å². The summed E-state index contributed by atoms with van der Waals surface area (Å²) in [5.74, 6) is 0. The van der Waals surface area contributed by atoms with Crippen molar-refractivity contribution in [2.24, 2.45) is 0 Å². The quantitative estimate of drug-likeness (QED) is 0.823. The molecule has 1 aromatic rings. The van der Waals surface area contributed by atoms with Crippen molar-refractivity contribution in [2.45, 2.75) is 18.7 Å². The molecule has 18 heavy (non-hydrogen) atoms. The summed E-state index contributed by atoms with van der Waals surface area (Å²) in [5, 5.41) is 17.7. The Hall–Kier alpha value is -1.89. The molecule has 6 heteroatoms. The van der Waals surface area contributed by atoms with E-state index in [1.165, 1.54) is 22.5 Å². The van der Waals surface area contributed by atoms with Gasteiger partial charge in [0.2, 0.25) is 10.0 Å². The number of hydrogen-bond donors (Lipinski definition) is 0. The van der Waals surface area contributed by atoms with Crippen LogP contribution >= 0.6 is 0 Å². The smallest absolute Gasteiger partial charge is 0.207 e. The zero-order valence-corrected chi connectivity index (χ0v) is 11.0. The molecule has 0 spiro atoms. The van der Waals surface area contributed by atoms with Crippen molar-refractivity contribution in [1.29, 1.82) is 10.5 Å². The van der Waals surface area contributed by atoms with Crippen LogP contribution < -0.4 is 0 Å². The van der Waals surface area contributed by atoms with Crippen LogP contribution in [-0.4, -0.2) is 25.8 Å². The summed E-state index contributed by atoms with van der Waals surface area (Å²) in [5.41, 5.74) is 0.252. The average Bonchev–Trinajstić information content (AvgIpc) is 2.38. The van der Waals surface area contributed by atoms with Gasteiger partial charge in [-0.3, -0.25) is 0 Å². The van der Waals surface area contributed by atoms with Gasteiger partial charge in [0, 0.05) is 13.1 Å². The van der Waals surface area contributed by atoms with E-state index in [9.17, 15) is 8.42 Å². The Morgan fingerprint density at radius 3 is 2.11 bits per heavy atom. The van der Waals surface area contributed by atoms with Gasteiger partial charge >= 0.3 is 0 Å². The van der Waals surface area contributed by atoms with Crippen molar-refractivity contribution in [1.82, 2.24) is 4.31 Å². The minimum atomic E-state index is -3.59. The Kier molecular flexibility index (Phi) is 4.43. The molecule has 1 aromatic carbocycles. The monoisotopic (exact) mass is 263 g/mol. The molecule has 0 saturated carbocycles. The minimum absolute atomic E-state index is 0.0433. The van der Waals surface area contributed by atoms with Gasteiger partial charge < -0.3 is 0 Å². The van der Waals surface area contributed by atoms with Crippen LogP contribution in [0.25, 0.3) is 0 Å². The first-order valence-electron chi connectivity index (χ1n) is 5.45. The van der Waals surface area contributed by atoms with Crippen LogP contribution in [0.4, 0.5) is 0 Å². The summed E-state index contributed by atoms with van der Waals surface area (Å²) >= 11 is 0. The van der Waals surface area contributed by atoms with E-state index in [2.05, 4.69) is 0 Å². The van der Waals surface area contributed by atoms with Gasteiger partial charge in [-0.25, -0.2) is 8.42 Å². The molecule has 0 aliphatic rings. The lowest BCUT2D eigenvalue weighted by Gasteiger charge is -2.18. The van der Waals surface area contributed by atoms with Crippen LogP contribution in [0.15, 0.2) is 23.1 Å². The molecular weight excluding hydrogens is 250 g/mol. The fourth-order valence-corrected chi connectivity index (χ4v) is 3.07. The zero-order valence-electron chi connectivity index (χ0n) is 10.2. The normalized spacial score (nSPS) is 10.9. The first-order chi connectivity index (χ1) is 8.51. The molecule has 0 fully saturated rings. The Bertz CT molecular complexity index is 620. The van der Waals surface area contributed by atoms with Crippen LogP contribution in [0.5, 0.6) is 0 Å². The Morgan fingerprint density at radius 2 is 1.67 bits per heavy atom. The lowest BCUT2D eigenvalue weighted by atomic mass is 10.1. The third kappa shape index (κ3) is 2.51. The number of nitrogens with zero attached hydrogens (tertiary/aromatic N) is 3. The van der Waals surface area contributed by atoms with E-state index in [0.717, 1.165) is 0 Å². The SMILES string of the molecule is CCN(CC)S(=O)(=O)c1ccc(C#N)c(C#N)c1.